The zero-order valence-corrected chi connectivity index (χ0v) is 25.5. The number of sulfonamides is 1. The summed E-state index contributed by atoms with van der Waals surface area (Å²) < 4.78 is 26.9. The van der Waals surface area contributed by atoms with Gasteiger partial charge in [-0.05, 0) is 42.5 Å². The quantitative estimate of drug-likeness (QED) is 0.182. The first kappa shape index (κ1) is 35.0. The van der Waals surface area contributed by atoms with Crippen LogP contribution in [0, 0.1) is 0 Å². The topological polar surface area (TPSA) is 182 Å². The largest absolute Gasteiger partial charge is 0.345 e. The molecule has 2 aromatic rings. The van der Waals surface area contributed by atoms with E-state index in [4.69, 9.17) is 17.2 Å². The fourth-order valence-electron chi connectivity index (χ4n) is 4.61. The van der Waals surface area contributed by atoms with Crippen LogP contribution < -0.4 is 22.5 Å². The van der Waals surface area contributed by atoms with Crippen molar-refractivity contribution in [2.75, 3.05) is 39.3 Å². The molecule has 0 fully saturated rings. The molecule has 0 radical (unpaired) electrons. The summed E-state index contributed by atoms with van der Waals surface area (Å²) >= 11 is 0. The van der Waals surface area contributed by atoms with E-state index in [-0.39, 0.29) is 42.5 Å². The molecular formula is C30H46N6O5S. The SMILES string of the molecule is CCN(CC)S(=O)(=O)c1ccc(CCC(=O)[C@H](CCc2ccccc2)NC(=O)[C@@H](N)CC(=O)N(CCN)CCN)cc1. The van der Waals surface area contributed by atoms with E-state index in [9.17, 15) is 22.8 Å². The molecule has 2 aromatic carbocycles. The number of benzene rings is 2. The normalized spacial score (nSPS) is 13.0. The van der Waals surface area contributed by atoms with E-state index >= 15 is 0 Å². The molecule has 0 spiro atoms. The molecule has 11 nitrogen and oxygen atoms in total. The van der Waals surface area contributed by atoms with Gasteiger partial charge in [-0.25, -0.2) is 8.42 Å². The van der Waals surface area contributed by atoms with Crippen molar-refractivity contribution in [1.29, 1.82) is 0 Å². The number of carbonyl (C=O) groups excluding carboxylic acids is 3. The van der Waals surface area contributed by atoms with Crippen LogP contribution in [-0.4, -0.2) is 86.6 Å². The fraction of sp³-hybridized carbons (Fsp3) is 0.500. The second-order valence-corrected chi connectivity index (χ2v) is 12.0. The van der Waals surface area contributed by atoms with Crippen molar-refractivity contribution in [1.82, 2.24) is 14.5 Å². The van der Waals surface area contributed by atoms with Crippen LogP contribution in [0.3, 0.4) is 0 Å². The lowest BCUT2D eigenvalue weighted by atomic mass is 9.97. The maximum absolute atomic E-state index is 13.3. The van der Waals surface area contributed by atoms with Crippen molar-refractivity contribution < 1.29 is 22.8 Å². The van der Waals surface area contributed by atoms with Crippen molar-refractivity contribution in [2.24, 2.45) is 17.2 Å². The van der Waals surface area contributed by atoms with Crippen molar-refractivity contribution in [3.8, 4) is 0 Å². The van der Waals surface area contributed by atoms with E-state index in [1.807, 2.05) is 30.3 Å². The molecular weight excluding hydrogens is 556 g/mol. The van der Waals surface area contributed by atoms with Gasteiger partial charge in [0.15, 0.2) is 5.78 Å². The number of rotatable bonds is 19. The molecule has 0 heterocycles. The van der Waals surface area contributed by atoms with Gasteiger partial charge in [0.2, 0.25) is 21.8 Å². The minimum Gasteiger partial charge on any atom is -0.345 e. The molecule has 42 heavy (non-hydrogen) atoms. The van der Waals surface area contributed by atoms with Crippen LogP contribution in [0.15, 0.2) is 59.5 Å². The van der Waals surface area contributed by atoms with Crippen LogP contribution >= 0.6 is 0 Å². The lowest BCUT2D eigenvalue weighted by Gasteiger charge is -2.24. The number of Topliss-reactive ketones (excluding diaryl/α,β-unsaturated/α-hetero) is 1. The Labute approximate surface area is 249 Å². The lowest BCUT2D eigenvalue weighted by molar-refractivity contribution is -0.135. The first-order valence-corrected chi connectivity index (χ1v) is 15.9. The number of nitrogens with two attached hydrogens (primary N) is 3. The molecule has 0 saturated carbocycles. The Morgan fingerprint density at radius 2 is 1.43 bits per heavy atom. The van der Waals surface area contributed by atoms with Crippen molar-refractivity contribution in [3.63, 3.8) is 0 Å². The highest BCUT2D eigenvalue weighted by atomic mass is 32.2. The molecule has 0 aliphatic heterocycles. The predicted octanol–water partition coefficient (Wildman–Crippen LogP) is 0.800. The number of ketones is 1. The van der Waals surface area contributed by atoms with E-state index in [2.05, 4.69) is 5.32 Å². The average Bonchev–Trinajstić information content (AvgIpc) is 2.98. The molecule has 2 rings (SSSR count). The van der Waals surface area contributed by atoms with Gasteiger partial charge in [0.1, 0.15) is 0 Å². The standard InChI is InChI=1S/C30H46N6O5S/c1-3-36(4-2)42(40,41)25-14-10-24(11-15-25)13-17-28(37)27(16-12-23-8-6-5-7-9-23)34-30(39)26(33)22-29(38)35(20-18-31)21-19-32/h5-11,14-15,26-27H,3-4,12-13,16-22,31-33H2,1-2H3,(H,34,39)/t26-,27-/m0/s1. The average molecular weight is 603 g/mol. The van der Waals surface area contributed by atoms with Gasteiger partial charge in [-0.1, -0.05) is 56.3 Å². The van der Waals surface area contributed by atoms with Crippen LogP contribution in [0.2, 0.25) is 0 Å². The molecule has 0 unspecified atom stereocenters. The summed E-state index contributed by atoms with van der Waals surface area (Å²) in [6.45, 7) is 5.48. The van der Waals surface area contributed by atoms with Gasteiger partial charge in [0.05, 0.1) is 23.4 Å². The van der Waals surface area contributed by atoms with E-state index in [0.717, 1.165) is 11.1 Å². The van der Waals surface area contributed by atoms with Crippen LogP contribution in [0.5, 0.6) is 0 Å². The number of nitrogens with one attached hydrogen (secondary N) is 1. The molecule has 0 aromatic heterocycles. The first-order valence-electron chi connectivity index (χ1n) is 14.5. The van der Waals surface area contributed by atoms with Crippen LogP contribution in [0.1, 0.15) is 44.2 Å². The van der Waals surface area contributed by atoms with E-state index in [1.54, 1.807) is 38.1 Å². The summed E-state index contributed by atoms with van der Waals surface area (Å²) in [5, 5.41) is 2.77. The van der Waals surface area contributed by atoms with Gasteiger partial charge in [-0.3, -0.25) is 14.4 Å². The second-order valence-electron chi connectivity index (χ2n) is 10.1. The third kappa shape index (κ3) is 10.6. The Morgan fingerprint density at radius 1 is 0.857 bits per heavy atom. The summed E-state index contributed by atoms with van der Waals surface area (Å²) in [6.07, 6.45) is 1.21. The minimum absolute atomic E-state index is 0.136. The van der Waals surface area contributed by atoms with Crippen molar-refractivity contribution >= 4 is 27.6 Å². The zero-order valence-electron chi connectivity index (χ0n) is 24.7. The second kappa shape index (κ2) is 17.7. The highest BCUT2D eigenvalue weighted by Crippen LogP contribution is 2.17. The predicted molar refractivity (Wildman–Crippen MR) is 164 cm³/mol. The number of hydrogen-bond donors (Lipinski definition) is 4. The third-order valence-corrected chi connectivity index (χ3v) is 9.14. The van der Waals surface area contributed by atoms with E-state index in [1.165, 1.54) is 9.21 Å². The Kier molecular flexibility index (Phi) is 14.8. The van der Waals surface area contributed by atoms with Gasteiger partial charge in [0.25, 0.3) is 0 Å². The fourth-order valence-corrected chi connectivity index (χ4v) is 6.07. The first-order chi connectivity index (χ1) is 20.1. The Hall–Kier alpha value is -3.16. The molecule has 0 saturated heterocycles. The summed E-state index contributed by atoms with van der Waals surface area (Å²) in [5.74, 6) is -1.08. The Morgan fingerprint density at radius 3 is 1.98 bits per heavy atom. The summed E-state index contributed by atoms with van der Waals surface area (Å²) in [7, 11) is -3.57. The van der Waals surface area contributed by atoms with Crippen LogP contribution in [-0.2, 0) is 37.2 Å². The van der Waals surface area contributed by atoms with Gasteiger partial charge in [-0.15, -0.1) is 0 Å². The smallest absolute Gasteiger partial charge is 0.243 e. The summed E-state index contributed by atoms with van der Waals surface area (Å²) in [4.78, 5) is 40.6. The zero-order chi connectivity index (χ0) is 31.1. The lowest BCUT2D eigenvalue weighted by Crippen LogP contribution is -2.51. The molecule has 0 bridgehead atoms. The van der Waals surface area contributed by atoms with Gasteiger partial charge < -0.3 is 27.4 Å². The molecule has 12 heteroatoms. The summed E-state index contributed by atoms with van der Waals surface area (Å²) in [6, 6.07) is 14.2. The minimum atomic E-state index is -3.57. The Balaban J connectivity index is 2.09. The number of amides is 2. The highest BCUT2D eigenvalue weighted by Gasteiger charge is 2.26. The maximum atomic E-state index is 13.3. The molecule has 0 aliphatic carbocycles. The van der Waals surface area contributed by atoms with E-state index < -0.39 is 28.0 Å². The third-order valence-electron chi connectivity index (χ3n) is 7.08. The maximum Gasteiger partial charge on any atom is 0.243 e. The molecule has 232 valence electrons. The van der Waals surface area contributed by atoms with Gasteiger partial charge in [0, 0.05) is 45.7 Å². The number of carbonyl (C=O) groups is 3. The number of aryl methyl sites for hydroxylation is 2. The van der Waals surface area contributed by atoms with Crippen LogP contribution in [0.25, 0.3) is 0 Å². The van der Waals surface area contributed by atoms with E-state index in [0.29, 0.717) is 45.4 Å². The monoisotopic (exact) mass is 602 g/mol. The highest BCUT2D eigenvalue weighted by molar-refractivity contribution is 7.89. The number of hydrogen-bond acceptors (Lipinski definition) is 8. The van der Waals surface area contributed by atoms with Gasteiger partial charge >= 0.3 is 0 Å². The molecule has 2 amide bonds. The molecule has 0 aliphatic rings. The van der Waals surface area contributed by atoms with Crippen molar-refractivity contribution in [3.05, 3.63) is 65.7 Å². The molecule has 2 atom stereocenters. The van der Waals surface area contributed by atoms with Gasteiger partial charge in [-0.2, -0.15) is 4.31 Å². The van der Waals surface area contributed by atoms with Crippen molar-refractivity contribution in [2.45, 2.75) is 62.9 Å². The van der Waals surface area contributed by atoms with Crippen LogP contribution in [0.4, 0.5) is 0 Å². The Bertz CT molecular complexity index is 1230. The summed E-state index contributed by atoms with van der Waals surface area (Å²) in [5.41, 5.74) is 19.1. The number of nitrogens with zero attached hydrogens (tertiary/aromatic N) is 2. The molecule has 7 N–H and O–H groups in total.